The molecule has 0 aliphatic heterocycles. The minimum atomic E-state index is -0.775. The summed E-state index contributed by atoms with van der Waals surface area (Å²) in [5, 5.41) is 10.4. The molecule has 1 heterocycles. The van der Waals surface area contributed by atoms with E-state index >= 15 is 0 Å². The summed E-state index contributed by atoms with van der Waals surface area (Å²) >= 11 is 0. The number of benzene rings is 1. The Morgan fingerprint density at radius 2 is 1.96 bits per heavy atom. The summed E-state index contributed by atoms with van der Waals surface area (Å²) in [6.45, 7) is 1.84. The molecule has 0 bridgehead atoms. The van der Waals surface area contributed by atoms with Crippen LogP contribution < -0.4 is 15.8 Å². The fourth-order valence-electron chi connectivity index (χ4n) is 1.88. The number of carbonyl (C=O) groups excluding carboxylic acids is 2. The molecule has 9 nitrogen and oxygen atoms in total. The molecule has 2 rings (SSSR count). The van der Waals surface area contributed by atoms with Crippen molar-refractivity contribution < 1.29 is 19.1 Å². The molecule has 0 fully saturated rings. The van der Waals surface area contributed by atoms with Crippen molar-refractivity contribution in [3.63, 3.8) is 0 Å². The van der Waals surface area contributed by atoms with Crippen molar-refractivity contribution in [2.45, 2.75) is 19.8 Å². The third-order valence-electron chi connectivity index (χ3n) is 3.11. The number of aromatic nitrogens is 1. The Hall–Kier alpha value is -3.49. The summed E-state index contributed by atoms with van der Waals surface area (Å²) in [6.07, 6.45) is 0.0492. The van der Waals surface area contributed by atoms with Crippen molar-refractivity contribution in [3.8, 4) is 5.75 Å². The second-order valence-corrected chi connectivity index (χ2v) is 5.12. The third-order valence-corrected chi connectivity index (χ3v) is 3.11. The van der Waals surface area contributed by atoms with Crippen molar-refractivity contribution in [1.29, 1.82) is 0 Å². The summed E-state index contributed by atoms with van der Waals surface area (Å²) in [5.41, 5.74) is 6.68. The summed E-state index contributed by atoms with van der Waals surface area (Å²) in [7, 11) is 1.20. The van der Waals surface area contributed by atoms with Crippen molar-refractivity contribution >= 4 is 35.1 Å². The molecule has 0 unspecified atom stereocenters. The zero-order chi connectivity index (χ0) is 18.9. The van der Waals surface area contributed by atoms with Gasteiger partial charge in [-0.2, -0.15) is 5.11 Å². The lowest BCUT2D eigenvalue weighted by molar-refractivity contribution is -0.134. The van der Waals surface area contributed by atoms with Gasteiger partial charge in [-0.25, -0.2) is 9.78 Å². The zero-order valence-corrected chi connectivity index (χ0v) is 14.4. The number of nitrogens with zero attached hydrogens (tertiary/aromatic N) is 3. The van der Waals surface area contributed by atoms with Gasteiger partial charge in [-0.1, -0.05) is 25.1 Å². The molecule has 0 spiro atoms. The van der Waals surface area contributed by atoms with Crippen LogP contribution in [0.25, 0.3) is 0 Å². The fraction of sp³-hybridized carbons (Fsp3) is 0.235. The van der Waals surface area contributed by atoms with Gasteiger partial charge in [0.2, 0.25) is 0 Å². The fourth-order valence-corrected chi connectivity index (χ4v) is 1.88. The van der Waals surface area contributed by atoms with E-state index in [2.05, 4.69) is 25.3 Å². The molecular weight excluding hydrogens is 338 g/mol. The number of methoxy groups -OCH3 is 1. The predicted octanol–water partition coefficient (Wildman–Crippen LogP) is 3.96. The molecule has 1 amide bonds. The highest BCUT2D eigenvalue weighted by Gasteiger charge is 2.17. The zero-order valence-electron chi connectivity index (χ0n) is 14.4. The van der Waals surface area contributed by atoms with E-state index < -0.39 is 12.1 Å². The van der Waals surface area contributed by atoms with E-state index in [9.17, 15) is 9.59 Å². The van der Waals surface area contributed by atoms with E-state index in [1.54, 1.807) is 12.1 Å². The smallest absolute Gasteiger partial charge is 0.412 e. The minimum Gasteiger partial charge on any atom is -0.453 e. The second kappa shape index (κ2) is 9.11. The van der Waals surface area contributed by atoms with Gasteiger partial charge in [-0.05, 0) is 18.6 Å². The lowest BCUT2D eigenvalue weighted by Gasteiger charge is -2.11. The maximum absolute atomic E-state index is 11.8. The van der Waals surface area contributed by atoms with Crippen LogP contribution in [0, 0.1) is 0 Å². The van der Waals surface area contributed by atoms with Crippen LogP contribution in [0.15, 0.2) is 46.6 Å². The largest absolute Gasteiger partial charge is 0.453 e. The molecule has 0 aliphatic rings. The highest BCUT2D eigenvalue weighted by Crippen LogP contribution is 2.33. The molecule has 0 saturated carbocycles. The number of anilines is 2. The van der Waals surface area contributed by atoms with Crippen LogP contribution in [0.3, 0.4) is 0 Å². The number of nitrogen functional groups attached to an aromatic ring is 1. The van der Waals surface area contributed by atoms with Crippen LogP contribution >= 0.6 is 0 Å². The summed E-state index contributed by atoms with van der Waals surface area (Å²) < 4.78 is 9.77. The van der Waals surface area contributed by atoms with E-state index in [-0.39, 0.29) is 29.5 Å². The summed E-state index contributed by atoms with van der Waals surface area (Å²) in [6, 6.07) is 10.4. The number of rotatable bonds is 6. The quantitative estimate of drug-likeness (QED) is 0.594. The van der Waals surface area contributed by atoms with Crippen LogP contribution in [0.1, 0.15) is 19.8 Å². The number of ether oxygens (including phenoxy) is 2. The van der Waals surface area contributed by atoms with Crippen LogP contribution in [0.4, 0.5) is 27.8 Å². The summed E-state index contributed by atoms with van der Waals surface area (Å²) in [4.78, 5) is 27.3. The van der Waals surface area contributed by atoms with E-state index in [1.807, 2.05) is 25.1 Å². The molecule has 0 saturated heterocycles. The third kappa shape index (κ3) is 5.26. The molecule has 26 heavy (non-hydrogen) atoms. The van der Waals surface area contributed by atoms with Gasteiger partial charge in [0.1, 0.15) is 5.69 Å². The number of pyridine rings is 1. The molecule has 136 valence electrons. The van der Waals surface area contributed by atoms with Crippen LogP contribution in [0.2, 0.25) is 0 Å². The molecule has 2 aromatic rings. The predicted molar refractivity (Wildman–Crippen MR) is 95.8 cm³/mol. The van der Waals surface area contributed by atoms with E-state index in [1.165, 1.54) is 13.2 Å². The van der Waals surface area contributed by atoms with E-state index in [4.69, 9.17) is 10.5 Å². The van der Waals surface area contributed by atoms with Crippen LogP contribution in [-0.4, -0.2) is 24.2 Å². The number of amides is 1. The number of azo groups is 1. The Morgan fingerprint density at radius 1 is 1.23 bits per heavy atom. The van der Waals surface area contributed by atoms with Crippen LogP contribution in [0.5, 0.6) is 5.75 Å². The van der Waals surface area contributed by atoms with Gasteiger partial charge in [-0.15, -0.1) is 5.11 Å². The molecule has 3 N–H and O–H groups in total. The molecule has 1 aromatic carbocycles. The van der Waals surface area contributed by atoms with Gasteiger partial charge in [0.15, 0.2) is 17.4 Å². The van der Waals surface area contributed by atoms with Gasteiger partial charge in [0.05, 0.1) is 12.8 Å². The second-order valence-electron chi connectivity index (χ2n) is 5.12. The van der Waals surface area contributed by atoms with Crippen LogP contribution in [-0.2, 0) is 9.53 Å². The average Bonchev–Trinajstić information content (AvgIpc) is 2.63. The molecular formula is C17H19N5O4. The Balaban J connectivity index is 2.35. The van der Waals surface area contributed by atoms with E-state index in [0.717, 1.165) is 0 Å². The lowest BCUT2D eigenvalue weighted by Crippen LogP contribution is -2.16. The number of hydrogen-bond acceptors (Lipinski definition) is 8. The number of nitrogens with one attached hydrogen (secondary N) is 1. The standard InChI is InChI=1S/C17H19N5O4/c1-3-7-14(23)26-13-10-12(22-21-11-8-5-4-6-9-11)15(18)19-16(13)20-17(24)25-2/h4-6,8-10H,3,7H2,1-2H3,(H3,18,19,20,24)/b22-21+. The minimum absolute atomic E-state index is 0.00469. The first-order valence-electron chi connectivity index (χ1n) is 7.86. The summed E-state index contributed by atoms with van der Waals surface area (Å²) in [5.74, 6) is -0.508. The highest BCUT2D eigenvalue weighted by atomic mass is 16.5. The number of nitrogens with two attached hydrogens (primary N) is 1. The molecule has 0 atom stereocenters. The SMILES string of the molecule is CCCC(=O)Oc1cc(/N=N/c2ccccc2)c(N)nc1NC(=O)OC. The first-order valence-corrected chi connectivity index (χ1v) is 7.86. The van der Waals surface area contributed by atoms with Gasteiger partial charge < -0.3 is 15.2 Å². The number of esters is 1. The Morgan fingerprint density at radius 3 is 2.62 bits per heavy atom. The lowest BCUT2D eigenvalue weighted by atomic mass is 10.3. The van der Waals surface area contributed by atoms with Crippen molar-refractivity contribution in [1.82, 2.24) is 4.98 Å². The maximum atomic E-state index is 11.8. The van der Waals surface area contributed by atoms with Gasteiger partial charge in [0, 0.05) is 12.5 Å². The van der Waals surface area contributed by atoms with Gasteiger partial charge in [0.25, 0.3) is 0 Å². The van der Waals surface area contributed by atoms with Gasteiger partial charge in [-0.3, -0.25) is 10.1 Å². The average molecular weight is 357 g/mol. The van der Waals surface area contributed by atoms with E-state index in [0.29, 0.717) is 12.1 Å². The Labute approximate surface area is 150 Å². The first kappa shape index (κ1) is 18.8. The number of hydrogen-bond donors (Lipinski definition) is 2. The maximum Gasteiger partial charge on any atom is 0.412 e. The van der Waals surface area contributed by atoms with Crippen molar-refractivity contribution in [3.05, 3.63) is 36.4 Å². The normalized spacial score (nSPS) is 10.5. The van der Waals surface area contributed by atoms with Gasteiger partial charge >= 0.3 is 12.1 Å². The topological polar surface area (TPSA) is 128 Å². The molecule has 1 aromatic heterocycles. The molecule has 9 heteroatoms. The monoisotopic (exact) mass is 357 g/mol. The Kier molecular flexibility index (Phi) is 6.60. The van der Waals surface area contributed by atoms with Crippen molar-refractivity contribution in [2.75, 3.05) is 18.2 Å². The Bertz CT molecular complexity index is 808. The first-order chi connectivity index (χ1) is 12.5. The number of carbonyl (C=O) groups is 2. The molecule has 0 radical (unpaired) electrons. The highest BCUT2D eigenvalue weighted by molar-refractivity contribution is 5.87. The van der Waals surface area contributed by atoms with Crippen molar-refractivity contribution in [2.24, 2.45) is 10.2 Å². The molecule has 0 aliphatic carbocycles.